The Morgan fingerprint density at radius 3 is 2.88 bits per heavy atom. The summed E-state index contributed by atoms with van der Waals surface area (Å²) in [6.07, 6.45) is 0. The maximum Gasteiger partial charge on any atom is 0.274 e. The Hall–Kier alpha value is -1.81. The number of hydrogen-bond acceptors (Lipinski definition) is 7. The highest BCUT2D eigenvalue weighted by Crippen LogP contribution is 2.20. The first-order valence-electron chi connectivity index (χ1n) is 6.72. The van der Waals surface area contributed by atoms with Gasteiger partial charge in [0.1, 0.15) is 5.82 Å². The molecule has 8 N–H and O–H groups in total. The molecule has 0 amide bonds. The molecule has 25 heavy (non-hydrogen) atoms. The van der Waals surface area contributed by atoms with Crippen LogP contribution in [0.5, 0.6) is 0 Å². The van der Waals surface area contributed by atoms with Crippen LogP contribution in [0.4, 0.5) is 10.1 Å². The molecule has 11 nitrogen and oxygen atoms in total. The summed E-state index contributed by atoms with van der Waals surface area (Å²) in [4.78, 5) is 8.87. The van der Waals surface area contributed by atoms with Crippen LogP contribution in [-0.4, -0.2) is 27.3 Å². The third-order valence-corrected chi connectivity index (χ3v) is 4.02. The quantitative estimate of drug-likeness (QED) is 0.221. The van der Waals surface area contributed by atoms with Crippen molar-refractivity contribution in [2.24, 2.45) is 10.1 Å². The summed E-state index contributed by atoms with van der Waals surface area (Å²) in [5.41, 5.74) is 6.06. The van der Waals surface area contributed by atoms with E-state index in [1.165, 1.54) is 18.2 Å². The molecule has 0 atom stereocenters. The Morgan fingerprint density at radius 2 is 2.24 bits per heavy atom. The number of hydroxylamine groups is 3. The first kappa shape index (κ1) is 19.5. The number of aliphatic imine (C=N–C) groups is 1. The first-order chi connectivity index (χ1) is 11.8. The average Bonchev–Trinajstić information content (AvgIpc) is 3.00. The Balaban J connectivity index is 2.13. The molecule has 0 spiro atoms. The smallest absolute Gasteiger partial charge is 0.274 e. The molecule has 0 unspecified atom stereocenters. The van der Waals surface area contributed by atoms with Crippen molar-refractivity contribution in [2.75, 3.05) is 18.4 Å². The molecule has 0 aromatic heterocycles. The first-order valence-corrected chi connectivity index (χ1v) is 9.05. The topological polar surface area (TPSA) is 170 Å². The normalized spacial score (nSPS) is 18.0. The Labute approximate surface area is 150 Å². The molecule has 1 aromatic carbocycles. The van der Waals surface area contributed by atoms with Crippen LogP contribution in [0.15, 0.2) is 39.2 Å². The lowest BCUT2D eigenvalue weighted by Gasteiger charge is -2.12. The number of benzene rings is 1. The van der Waals surface area contributed by atoms with E-state index in [1.807, 2.05) is 0 Å². The number of quaternary nitrogens is 1. The van der Waals surface area contributed by atoms with Crippen molar-refractivity contribution in [1.82, 2.24) is 15.7 Å². The number of nitrogens with two attached hydrogens (primary N) is 2. The van der Waals surface area contributed by atoms with E-state index >= 15 is 0 Å². The predicted molar refractivity (Wildman–Crippen MR) is 90.8 cm³/mol. The standard InChI is InChI=1S/C11H15BrFN7O4S/c12-7-5-6(1-2-8(7)13)17-11(18-21)9-10(20-24-19-9)15-3-4-16-25(14,22)23/h1-2,5,16-17,19H,3-4,18H2,(H,15,20)(H2,14,22,23)/b11-9+. The fourth-order valence-electron chi connectivity index (χ4n) is 1.75. The second kappa shape index (κ2) is 8.52. The third kappa shape index (κ3) is 5.89. The summed E-state index contributed by atoms with van der Waals surface area (Å²) in [5, 5.41) is 19.0. The highest BCUT2D eigenvalue weighted by atomic mass is 79.9. The molecular weight excluding hydrogens is 425 g/mol. The maximum atomic E-state index is 13.3. The highest BCUT2D eigenvalue weighted by Gasteiger charge is 2.22. The molecule has 1 aliphatic heterocycles. The number of amidine groups is 1. The SMILES string of the molecule is NS(=O)(=O)NCCN=C1NON/C1=C(\Nc1ccc(F)c(Br)c1)[NH2+][O-]. The van der Waals surface area contributed by atoms with Gasteiger partial charge in [0.05, 0.1) is 11.0 Å². The summed E-state index contributed by atoms with van der Waals surface area (Å²) in [6.45, 7) is 0.00753. The molecule has 1 aromatic rings. The number of nitrogens with one attached hydrogen (secondary N) is 4. The van der Waals surface area contributed by atoms with Gasteiger partial charge >= 0.3 is 0 Å². The summed E-state index contributed by atoms with van der Waals surface area (Å²) in [6, 6.07) is 4.12. The van der Waals surface area contributed by atoms with Gasteiger partial charge in [0.2, 0.25) is 5.82 Å². The fraction of sp³-hybridized carbons (Fsp3) is 0.182. The van der Waals surface area contributed by atoms with Gasteiger partial charge in [-0.3, -0.25) is 4.99 Å². The van der Waals surface area contributed by atoms with Crippen LogP contribution in [-0.2, 0) is 15.1 Å². The molecular formula is C11H15BrFN7O4S. The second-order valence-electron chi connectivity index (χ2n) is 4.64. The molecule has 1 fully saturated rings. The minimum atomic E-state index is -3.80. The van der Waals surface area contributed by atoms with Gasteiger partial charge in [-0.1, -0.05) is 0 Å². The number of hydrogen-bond donors (Lipinski definition) is 6. The minimum absolute atomic E-state index is 0.0357. The van der Waals surface area contributed by atoms with Crippen LogP contribution in [0.1, 0.15) is 0 Å². The zero-order valence-corrected chi connectivity index (χ0v) is 14.9. The summed E-state index contributed by atoms with van der Waals surface area (Å²) >= 11 is 3.05. The van der Waals surface area contributed by atoms with Crippen LogP contribution in [0.25, 0.3) is 0 Å². The van der Waals surface area contributed by atoms with Crippen molar-refractivity contribution in [3.05, 3.63) is 45.2 Å². The van der Waals surface area contributed by atoms with Gasteiger partial charge in [-0.25, -0.2) is 25.2 Å². The summed E-state index contributed by atoms with van der Waals surface area (Å²) in [5.74, 6) is -0.201. The summed E-state index contributed by atoms with van der Waals surface area (Å²) in [7, 11) is -3.80. The van der Waals surface area contributed by atoms with Gasteiger partial charge in [0.15, 0.2) is 11.5 Å². The van der Waals surface area contributed by atoms with E-state index in [0.717, 1.165) is 0 Å². The lowest BCUT2D eigenvalue weighted by molar-refractivity contribution is -0.534. The Morgan fingerprint density at radius 1 is 1.48 bits per heavy atom. The van der Waals surface area contributed by atoms with Gasteiger partial charge in [0.25, 0.3) is 10.2 Å². The number of rotatable bonds is 7. The zero-order chi connectivity index (χ0) is 18.4. The minimum Gasteiger partial charge on any atom is -0.629 e. The van der Waals surface area contributed by atoms with Gasteiger partial charge in [-0.2, -0.15) is 13.4 Å². The monoisotopic (exact) mass is 439 g/mol. The lowest BCUT2D eigenvalue weighted by Crippen LogP contribution is -2.77. The van der Waals surface area contributed by atoms with Crippen LogP contribution in [0, 0.1) is 11.0 Å². The molecule has 0 aliphatic carbocycles. The molecule has 1 aliphatic rings. The molecule has 2 rings (SSSR count). The molecule has 14 heteroatoms. The van der Waals surface area contributed by atoms with Crippen molar-refractivity contribution < 1.29 is 23.2 Å². The van der Waals surface area contributed by atoms with Gasteiger partial charge in [-0.05, 0) is 34.1 Å². The van der Waals surface area contributed by atoms with Crippen molar-refractivity contribution in [1.29, 1.82) is 0 Å². The molecule has 138 valence electrons. The van der Waals surface area contributed by atoms with Crippen LogP contribution in [0.2, 0.25) is 0 Å². The van der Waals surface area contributed by atoms with E-state index in [0.29, 0.717) is 11.2 Å². The van der Waals surface area contributed by atoms with Crippen molar-refractivity contribution in [3.8, 4) is 0 Å². The van der Waals surface area contributed by atoms with Crippen molar-refractivity contribution in [2.45, 2.75) is 0 Å². The summed E-state index contributed by atoms with van der Waals surface area (Å²) < 4.78 is 37.1. The largest absolute Gasteiger partial charge is 0.629 e. The van der Waals surface area contributed by atoms with Crippen LogP contribution in [0.3, 0.4) is 0 Å². The van der Waals surface area contributed by atoms with Crippen LogP contribution < -0.4 is 31.6 Å². The number of halogens is 2. The number of anilines is 1. The number of nitrogens with zero attached hydrogens (tertiary/aromatic N) is 1. The molecule has 1 saturated heterocycles. The average molecular weight is 440 g/mol. The van der Waals surface area contributed by atoms with Gasteiger partial charge < -0.3 is 16.0 Å². The molecule has 0 radical (unpaired) electrons. The lowest BCUT2D eigenvalue weighted by atomic mass is 10.3. The fourth-order valence-corrected chi connectivity index (χ4v) is 2.51. The maximum absolute atomic E-state index is 13.3. The van der Waals surface area contributed by atoms with Crippen LogP contribution >= 0.6 is 15.9 Å². The van der Waals surface area contributed by atoms with E-state index in [2.05, 4.69) is 41.9 Å². The Bertz CT molecular complexity index is 802. The van der Waals surface area contributed by atoms with Crippen molar-refractivity contribution >= 4 is 37.7 Å². The predicted octanol–water partition coefficient (Wildman–Crippen LogP) is -1.54. The zero-order valence-electron chi connectivity index (χ0n) is 12.5. The van der Waals surface area contributed by atoms with E-state index < -0.39 is 16.0 Å². The van der Waals surface area contributed by atoms with Gasteiger partial charge in [-0.15, -0.1) is 0 Å². The van der Waals surface area contributed by atoms with E-state index in [1.54, 1.807) is 0 Å². The van der Waals surface area contributed by atoms with E-state index in [-0.39, 0.29) is 34.9 Å². The molecule has 0 saturated carbocycles. The van der Waals surface area contributed by atoms with Crippen molar-refractivity contribution in [3.63, 3.8) is 0 Å². The highest BCUT2D eigenvalue weighted by molar-refractivity contribution is 9.10. The Kier molecular flexibility index (Phi) is 6.65. The van der Waals surface area contributed by atoms with Gasteiger partial charge in [0, 0.05) is 12.2 Å². The third-order valence-electron chi connectivity index (χ3n) is 2.81. The molecule has 0 bridgehead atoms. The van der Waals surface area contributed by atoms with E-state index in [4.69, 9.17) is 10.1 Å². The molecule has 1 heterocycles. The second-order valence-corrected chi connectivity index (χ2v) is 6.87. The van der Waals surface area contributed by atoms with E-state index in [9.17, 15) is 18.0 Å².